The third-order valence-corrected chi connectivity index (χ3v) is 5.87. The summed E-state index contributed by atoms with van der Waals surface area (Å²) >= 11 is 0. The zero-order valence-electron chi connectivity index (χ0n) is 17.6. The Kier molecular flexibility index (Phi) is 5.48. The number of pyridine rings is 1. The minimum Gasteiger partial charge on any atom is -0.496 e. The number of hydrogen-bond acceptors (Lipinski definition) is 6. The molecule has 3 aromatic rings. The standard InChI is InChI=1S/C23H26N4O4/c1-29-20-13-17(12-16-2-4-24-23(28)22(16)20)19-15-25-21-14-18(3-5-27(19)21)31-11-8-26-6-9-30-10-7-26/h3,5,12-15H,2,4,6-11H2,1H3,(H,24,28). The number of benzene rings is 1. The second-order valence-electron chi connectivity index (χ2n) is 7.76. The average molecular weight is 422 g/mol. The summed E-state index contributed by atoms with van der Waals surface area (Å²) in [6.45, 7) is 5.65. The molecule has 8 nitrogen and oxygen atoms in total. The zero-order valence-corrected chi connectivity index (χ0v) is 17.6. The van der Waals surface area contributed by atoms with Gasteiger partial charge in [-0.15, -0.1) is 0 Å². The van der Waals surface area contributed by atoms with E-state index in [9.17, 15) is 4.79 Å². The lowest BCUT2D eigenvalue weighted by atomic mass is 9.95. The van der Waals surface area contributed by atoms with E-state index in [1.807, 2.05) is 35.0 Å². The van der Waals surface area contributed by atoms with Crippen molar-refractivity contribution >= 4 is 11.6 Å². The molecule has 4 heterocycles. The molecule has 8 heteroatoms. The number of imidazole rings is 1. The molecular weight excluding hydrogens is 396 g/mol. The first-order valence-electron chi connectivity index (χ1n) is 10.6. The van der Waals surface area contributed by atoms with Crippen LogP contribution in [0.3, 0.4) is 0 Å². The first kappa shape index (κ1) is 19.8. The van der Waals surface area contributed by atoms with Gasteiger partial charge in [-0.2, -0.15) is 0 Å². The molecule has 2 aromatic heterocycles. The summed E-state index contributed by atoms with van der Waals surface area (Å²) in [7, 11) is 1.59. The number of amides is 1. The molecule has 0 bridgehead atoms. The highest BCUT2D eigenvalue weighted by Gasteiger charge is 2.23. The first-order chi connectivity index (χ1) is 15.2. The number of methoxy groups -OCH3 is 1. The van der Waals surface area contributed by atoms with E-state index in [0.717, 1.165) is 67.5 Å². The van der Waals surface area contributed by atoms with Crippen molar-refractivity contribution in [3.63, 3.8) is 0 Å². The number of morpholine rings is 1. The fourth-order valence-corrected chi connectivity index (χ4v) is 4.22. The largest absolute Gasteiger partial charge is 0.496 e. The Balaban J connectivity index is 1.37. The third kappa shape index (κ3) is 3.96. The molecule has 0 saturated carbocycles. The fraction of sp³-hybridized carbons (Fsp3) is 0.391. The van der Waals surface area contributed by atoms with Gasteiger partial charge < -0.3 is 19.5 Å². The highest BCUT2D eigenvalue weighted by molar-refractivity contribution is 6.00. The van der Waals surface area contributed by atoms with Crippen LogP contribution in [-0.4, -0.2) is 73.3 Å². The number of hydrogen-bond donors (Lipinski definition) is 1. The number of carbonyl (C=O) groups excluding carboxylic acids is 1. The third-order valence-electron chi connectivity index (χ3n) is 5.87. The molecule has 2 aliphatic rings. The lowest BCUT2D eigenvalue weighted by Crippen LogP contribution is -2.38. The number of carbonyl (C=O) groups is 1. The van der Waals surface area contributed by atoms with E-state index < -0.39 is 0 Å². The summed E-state index contributed by atoms with van der Waals surface area (Å²) in [4.78, 5) is 19.2. The first-order valence-corrected chi connectivity index (χ1v) is 10.6. The lowest BCUT2D eigenvalue weighted by molar-refractivity contribution is 0.0322. The van der Waals surface area contributed by atoms with Crippen LogP contribution in [0.4, 0.5) is 0 Å². The molecule has 1 amide bonds. The summed E-state index contributed by atoms with van der Waals surface area (Å²) in [6, 6.07) is 7.87. The molecule has 162 valence electrons. The van der Waals surface area contributed by atoms with Crippen molar-refractivity contribution < 1.29 is 19.0 Å². The lowest BCUT2D eigenvalue weighted by Gasteiger charge is -2.26. The topological polar surface area (TPSA) is 77.3 Å². The number of fused-ring (bicyclic) bond motifs is 2. The number of nitrogens with one attached hydrogen (secondary N) is 1. The SMILES string of the molecule is COc1cc(-c2cnc3cc(OCCN4CCOCC4)ccn23)cc2c1C(=O)NCC2. The molecular formula is C23H26N4O4. The second-order valence-corrected chi connectivity index (χ2v) is 7.76. The van der Waals surface area contributed by atoms with E-state index in [-0.39, 0.29) is 5.91 Å². The van der Waals surface area contributed by atoms with Crippen molar-refractivity contribution in [2.75, 3.05) is 53.1 Å². The zero-order chi connectivity index (χ0) is 21.2. The monoisotopic (exact) mass is 422 g/mol. The summed E-state index contributed by atoms with van der Waals surface area (Å²) in [6.07, 6.45) is 4.60. The maximum atomic E-state index is 12.3. The molecule has 1 N–H and O–H groups in total. The minimum absolute atomic E-state index is 0.0818. The van der Waals surface area contributed by atoms with Crippen LogP contribution >= 0.6 is 0 Å². The van der Waals surface area contributed by atoms with Gasteiger partial charge in [-0.3, -0.25) is 14.1 Å². The molecule has 5 rings (SSSR count). The maximum Gasteiger partial charge on any atom is 0.255 e. The summed E-state index contributed by atoms with van der Waals surface area (Å²) < 4.78 is 18.9. The van der Waals surface area contributed by atoms with Crippen LogP contribution in [-0.2, 0) is 11.2 Å². The molecule has 1 saturated heterocycles. The molecule has 0 aliphatic carbocycles. The molecule has 0 radical (unpaired) electrons. The van der Waals surface area contributed by atoms with Crippen LogP contribution in [0.2, 0.25) is 0 Å². The number of rotatable bonds is 6. The van der Waals surface area contributed by atoms with Gasteiger partial charge in [0.15, 0.2) is 0 Å². The number of ether oxygens (including phenoxy) is 3. The Morgan fingerprint density at radius 1 is 1.23 bits per heavy atom. The fourth-order valence-electron chi connectivity index (χ4n) is 4.22. The van der Waals surface area contributed by atoms with Gasteiger partial charge in [0.05, 0.1) is 37.8 Å². The Hall–Kier alpha value is -3.10. The minimum atomic E-state index is -0.0818. The average Bonchev–Trinajstić information content (AvgIpc) is 3.22. The number of aromatic nitrogens is 2. The van der Waals surface area contributed by atoms with Crippen molar-refractivity contribution in [1.29, 1.82) is 0 Å². The van der Waals surface area contributed by atoms with Gasteiger partial charge >= 0.3 is 0 Å². The van der Waals surface area contributed by atoms with E-state index in [4.69, 9.17) is 14.2 Å². The van der Waals surface area contributed by atoms with Crippen LogP contribution in [0.15, 0.2) is 36.7 Å². The van der Waals surface area contributed by atoms with E-state index in [0.29, 0.717) is 24.5 Å². The van der Waals surface area contributed by atoms with Gasteiger partial charge in [-0.25, -0.2) is 4.98 Å². The van der Waals surface area contributed by atoms with E-state index in [1.54, 1.807) is 7.11 Å². The summed E-state index contributed by atoms with van der Waals surface area (Å²) in [5, 5.41) is 2.88. The van der Waals surface area contributed by atoms with Crippen LogP contribution < -0.4 is 14.8 Å². The highest BCUT2D eigenvalue weighted by Crippen LogP contribution is 2.33. The molecule has 0 spiro atoms. The van der Waals surface area contributed by atoms with Gasteiger partial charge in [0.25, 0.3) is 5.91 Å². The van der Waals surface area contributed by atoms with Crippen LogP contribution in [0.25, 0.3) is 16.9 Å². The molecule has 0 atom stereocenters. The molecule has 31 heavy (non-hydrogen) atoms. The van der Waals surface area contributed by atoms with Crippen molar-refractivity contribution in [1.82, 2.24) is 19.6 Å². The van der Waals surface area contributed by atoms with Crippen molar-refractivity contribution in [2.45, 2.75) is 6.42 Å². The van der Waals surface area contributed by atoms with Crippen LogP contribution in [0.1, 0.15) is 15.9 Å². The van der Waals surface area contributed by atoms with Gasteiger partial charge in [0, 0.05) is 44.0 Å². The Bertz CT molecular complexity index is 1090. The Morgan fingerprint density at radius 2 is 2.10 bits per heavy atom. The molecule has 1 aromatic carbocycles. The van der Waals surface area contributed by atoms with Crippen LogP contribution in [0, 0.1) is 0 Å². The van der Waals surface area contributed by atoms with Gasteiger partial charge in [-0.05, 0) is 30.2 Å². The van der Waals surface area contributed by atoms with Crippen molar-refractivity contribution in [2.24, 2.45) is 0 Å². The van der Waals surface area contributed by atoms with Crippen molar-refractivity contribution in [3.8, 4) is 22.8 Å². The predicted octanol–water partition coefficient (Wildman–Crippen LogP) is 2.01. The van der Waals surface area contributed by atoms with Gasteiger partial charge in [0.2, 0.25) is 0 Å². The van der Waals surface area contributed by atoms with Crippen LogP contribution in [0.5, 0.6) is 11.5 Å². The normalized spacial score (nSPS) is 16.7. The van der Waals surface area contributed by atoms with E-state index in [2.05, 4.69) is 21.3 Å². The summed E-state index contributed by atoms with van der Waals surface area (Å²) in [5.41, 5.74) is 4.35. The van der Waals surface area contributed by atoms with Gasteiger partial charge in [0.1, 0.15) is 23.8 Å². The second kappa shape index (κ2) is 8.56. The van der Waals surface area contributed by atoms with E-state index >= 15 is 0 Å². The maximum absolute atomic E-state index is 12.3. The Labute approximate surface area is 180 Å². The van der Waals surface area contributed by atoms with E-state index in [1.165, 1.54) is 0 Å². The summed E-state index contributed by atoms with van der Waals surface area (Å²) in [5.74, 6) is 1.31. The highest BCUT2D eigenvalue weighted by atomic mass is 16.5. The molecule has 0 unspecified atom stereocenters. The molecule has 1 fully saturated rings. The number of nitrogens with zero attached hydrogens (tertiary/aromatic N) is 3. The predicted molar refractivity (Wildman–Crippen MR) is 116 cm³/mol. The quantitative estimate of drug-likeness (QED) is 0.655. The Morgan fingerprint density at radius 3 is 2.94 bits per heavy atom. The smallest absolute Gasteiger partial charge is 0.255 e. The molecule has 2 aliphatic heterocycles. The van der Waals surface area contributed by atoms with Crippen molar-refractivity contribution in [3.05, 3.63) is 47.8 Å². The van der Waals surface area contributed by atoms with Gasteiger partial charge in [-0.1, -0.05) is 0 Å².